The number of pyridine rings is 4. The molecule has 10 aromatic rings. The summed E-state index contributed by atoms with van der Waals surface area (Å²) in [5, 5.41) is 0. The van der Waals surface area contributed by atoms with Crippen molar-refractivity contribution < 1.29 is 84.8 Å². The van der Waals surface area contributed by atoms with Crippen molar-refractivity contribution in [1.29, 1.82) is 0 Å². The van der Waals surface area contributed by atoms with Gasteiger partial charge >= 0.3 is 0 Å². The Kier molecular flexibility index (Phi) is 25.7. The monoisotopic (exact) mass is 1650 g/mol. The summed E-state index contributed by atoms with van der Waals surface area (Å²) in [7, 11) is 0. The van der Waals surface area contributed by atoms with E-state index in [4.69, 9.17) is 6.57 Å². The van der Waals surface area contributed by atoms with Crippen LogP contribution in [0.3, 0.4) is 0 Å². The van der Waals surface area contributed by atoms with E-state index in [-0.39, 0.29) is 86.2 Å². The minimum absolute atomic E-state index is 0. The van der Waals surface area contributed by atoms with Crippen LogP contribution in [0.4, 0.5) is 10.1 Å². The van der Waals surface area contributed by atoms with Gasteiger partial charge in [-0.05, 0) is 83.9 Å². The summed E-state index contributed by atoms with van der Waals surface area (Å²) in [4.78, 5) is 20.9. The van der Waals surface area contributed by atoms with Gasteiger partial charge in [0.15, 0.2) is 5.69 Å². The van der Waals surface area contributed by atoms with Crippen molar-refractivity contribution in [3.05, 3.63) is 270 Å². The third-order valence-corrected chi connectivity index (χ3v) is 10.5. The minimum Gasteiger partial charge on any atom is -0.304 e. The van der Waals surface area contributed by atoms with Crippen LogP contribution in [-0.2, 0) is 80.4 Å². The third kappa shape index (κ3) is 17.9. The molecule has 10 rings (SSSR count). The van der Waals surface area contributed by atoms with Gasteiger partial charge in [0.05, 0.1) is 6.57 Å². The molecule has 6 aromatic carbocycles. The van der Waals surface area contributed by atoms with Crippen LogP contribution in [0.5, 0.6) is 0 Å². The molecule has 0 spiro atoms. The van der Waals surface area contributed by atoms with E-state index in [9.17, 15) is 4.39 Å². The Morgan fingerprint density at radius 3 is 1.31 bits per heavy atom. The Bertz CT molecular complexity index is 3200. The molecule has 0 aliphatic rings. The van der Waals surface area contributed by atoms with Gasteiger partial charge in [-0.3, -0.25) is 4.39 Å². The molecule has 4 radical (unpaired) electrons. The normalized spacial score (nSPS) is 9.62. The topological polar surface area (TPSA) is 55.9 Å². The van der Waals surface area contributed by atoms with Gasteiger partial charge in [-0.1, -0.05) is 116 Å². The van der Waals surface area contributed by atoms with E-state index in [1.54, 1.807) is 12.3 Å². The molecule has 72 heavy (non-hydrogen) atoms. The van der Waals surface area contributed by atoms with Crippen LogP contribution >= 0.6 is 0 Å². The average Bonchev–Trinajstić information content (AvgIpc) is 3.39. The zero-order valence-corrected chi connectivity index (χ0v) is 49.6. The first-order valence-corrected chi connectivity index (χ1v) is 22.1. The number of hydrogen-bond donors (Lipinski definition) is 0. The molecule has 0 atom stereocenters. The van der Waals surface area contributed by atoms with E-state index in [1.165, 1.54) is 22.8 Å². The second kappa shape index (κ2) is 30.7. The molecule has 5 nitrogen and oxygen atoms in total. The van der Waals surface area contributed by atoms with Crippen molar-refractivity contribution in [2.75, 3.05) is 0 Å². The van der Waals surface area contributed by atoms with Crippen LogP contribution in [-0.4, -0.2) is 19.9 Å². The van der Waals surface area contributed by atoms with Gasteiger partial charge in [-0.2, -0.15) is 0 Å². The van der Waals surface area contributed by atoms with Crippen LogP contribution in [0.25, 0.3) is 72.1 Å². The Morgan fingerprint density at radius 2 is 0.847 bits per heavy atom. The second-order valence-electron chi connectivity index (χ2n) is 16.1. The molecule has 0 saturated heterocycles. The Balaban J connectivity index is 0.000000253. The van der Waals surface area contributed by atoms with Crippen molar-refractivity contribution in [1.82, 2.24) is 19.9 Å². The molecule has 0 fully saturated rings. The first-order valence-electron chi connectivity index (χ1n) is 22.1. The van der Waals surface area contributed by atoms with Gasteiger partial charge in [-0.25, -0.2) is 4.85 Å². The fraction of sp³-hybridized carbons (Fsp3) is 0.0806. The number of benzene rings is 6. The molecule has 0 saturated carbocycles. The fourth-order valence-corrected chi connectivity index (χ4v) is 6.77. The largest absolute Gasteiger partial charge is 0.304 e. The van der Waals surface area contributed by atoms with Crippen LogP contribution < -0.4 is 0 Å². The number of hydrogen-bond acceptors (Lipinski definition) is 4. The van der Waals surface area contributed by atoms with E-state index < -0.39 is 0 Å². The average molecular weight is 1650 g/mol. The molecule has 0 amide bonds. The standard InChI is InChI=1S/C19H13N2.C18H13FN.C13H12N.C12H10N.4Ir/c1-14-6-11-19(21-13-14)17-5-3-4-16(12-17)15-7-9-18(20-2)10-8-15;1-13-7-10-18(20-12-13)15-8-9-17(19)16(11-15)14-5-3-2-4-6-14;1-10-4-3-5-12(8-10)13-7-6-11(2)9-14-13;1-10-7-8-12(13-9-10)11-5-3-2-4-6-11;;;;/h3-4,6-13H,1H3;2-7,9-12H,1H3;3-4,6-9H,1-2H3;2-5,7-9H,1H3;;;;/q4*-1;;;;. The summed E-state index contributed by atoms with van der Waals surface area (Å²) in [6.45, 7) is 17.2. The molecule has 0 aliphatic heterocycles. The molecule has 0 aliphatic carbocycles. The third-order valence-electron chi connectivity index (χ3n) is 10.5. The van der Waals surface area contributed by atoms with Gasteiger partial charge in [0.25, 0.3) is 0 Å². The Labute approximate surface area is 478 Å². The first-order chi connectivity index (χ1) is 33.1. The summed E-state index contributed by atoms with van der Waals surface area (Å²) in [6, 6.07) is 68.8. The van der Waals surface area contributed by atoms with E-state index in [0.29, 0.717) is 11.3 Å². The zero-order chi connectivity index (χ0) is 47.7. The van der Waals surface area contributed by atoms with Gasteiger partial charge in [0.1, 0.15) is 0 Å². The molecule has 368 valence electrons. The summed E-state index contributed by atoms with van der Waals surface area (Å²) in [5.41, 5.74) is 17.7. The molecule has 4 aromatic heterocycles. The number of aryl methyl sites for hydroxylation is 5. The summed E-state index contributed by atoms with van der Waals surface area (Å²) in [5.74, 6) is -0.271. The quantitative estimate of drug-likeness (QED) is 0.156. The molecular formula is C62H48FIr4N5-4. The smallest absolute Gasteiger partial charge is 0.187 e. The number of nitrogens with zero attached hydrogens (tertiary/aromatic N) is 5. The van der Waals surface area contributed by atoms with Crippen LogP contribution in [0.2, 0.25) is 0 Å². The van der Waals surface area contributed by atoms with Crippen molar-refractivity contribution in [3.63, 3.8) is 0 Å². The second-order valence-corrected chi connectivity index (χ2v) is 16.1. The maximum atomic E-state index is 14.0. The van der Waals surface area contributed by atoms with Gasteiger partial charge in [0, 0.05) is 111 Å². The number of rotatable bonds is 6. The number of halogens is 1. The van der Waals surface area contributed by atoms with E-state index in [1.807, 2.05) is 186 Å². The van der Waals surface area contributed by atoms with Crippen molar-refractivity contribution >= 4 is 5.69 Å². The molecular weight excluding hydrogens is 1600 g/mol. The van der Waals surface area contributed by atoms with Crippen molar-refractivity contribution in [3.8, 4) is 67.3 Å². The Hall–Kier alpha value is -6.06. The summed E-state index contributed by atoms with van der Waals surface area (Å²) < 4.78 is 14.0. The van der Waals surface area contributed by atoms with Crippen LogP contribution in [0.15, 0.2) is 201 Å². The van der Waals surface area contributed by atoms with Crippen molar-refractivity contribution in [2.45, 2.75) is 34.6 Å². The maximum absolute atomic E-state index is 14.0. The molecule has 4 heterocycles. The SMILES string of the molecule is Cc1ccc(-c2[c-]cc(F)c(-c3ccccc3)c2)nc1.Cc1ccc(-c2[c-]ccc(C)c2)nc1.Cc1ccc(-c2[c-]cccc2)nc1.[C-]#[N+]c1ccc(-c2cc[c-]c(-c3ccc(C)cn3)c2)cc1.[Ir].[Ir].[Ir].[Ir]. The summed E-state index contributed by atoms with van der Waals surface area (Å²) in [6.07, 6.45) is 7.41. The molecule has 10 heteroatoms. The van der Waals surface area contributed by atoms with Crippen molar-refractivity contribution in [2.24, 2.45) is 0 Å². The predicted molar refractivity (Wildman–Crippen MR) is 275 cm³/mol. The molecule has 0 unspecified atom stereocenters. The van der Waals surface area contributed by atoms with E-state index in [0.717, 1.165) is 72.8 Å². The minimum atomic E-state index is -0.271. The van der Waals surface area contributed by atoms with Gasteiger partial charge < -0.3 is 19.9 Å². The maximum Gasteiger partial charge on any atom is 0.187 e. The fourth-order valence-electron chi connectivity index (χ4n) is 6.77. The first kappa shape index (κ1) is 60.2. The number of aromatic nitrogens is 4. The Morgan fingerprint density at radius 1 is 0.389 bits per heavy atom. The van der Waals surface area contributed by atoms with E-state index >= 15 is 0 Å². The van der Waals surface area contributed by atoms with Crippen LogP contribution in [0, 0.1) is 71.3 Å². The van der Waals surface area contributed by atoms with Gasteiger partial charge in [0.2, 0.25) is 0 Å². The predicted octanol–water partition coefficient (Wildman–Crippen LogP) is 15.8. The van der Waals surface area contributed by atoms with E-state index in [2.05, 4.69) is 80.2 Å². The molecule has 0 bridgehead atoms. The van der Waals surface area contributed by atoms with Gasteiger partial charge in [-0.15, -0.1) is 130 Å². The molecule has 0 N–H and O–H groups in total. The summed E-state index contributed by atoms with van der Waals surface area (Å²) >= 11 is 0. The zero-order valence-electron chi connectivity index (χ0n) is 40.0. The van der Waals surface area contributed by atoms with Crippen LogP contribution in [0.1, 0.15) is 27.8 Å².